The SMILES string of the molecule is N=c1c2c(c3nc4c(=O)c5c(=O)n6c(nc5c(=O)c4c(=O)n13)C1=C(CCCCCC1)C6N)CCCC2. The zero-order chi connectivity index (χ0) is 24.9. The highest BCUT2D eigenvalue weighted by Crippen LogP contribution is 2.39. The Bertz CT molecular complexity index is 1970. The number of nitrogens with one attached hydrogen (secondary N) is 1. The normalized spacial score (nSPS) is 20.0. The third kappa shape index (κ3) is 2.57. The van der Waals surface area contributed by atoms with Gasteiger partial charge in [-0.3, -0.25) is 29.2 Å². The third-order valence-corrected chi connectivity index (χ3v) is 8.25. The van der Waals surface area contributed by atoms with Gasteiger partial charge in [0, 0.05) is 11.1 Å². The molecule has 1 atom stereocenters. The number of hydrogen-bond donors (Lipinski definition) is 2. The molecule has 7 rings (SSSR count). The van der Waals surface area contributed by atoms with Crippen LogP contribution in [0.5, 0.6) is 0 Å². The van der Waals surface area contributed by atoms with E-state index < -0.39 is 33.5 Å². The van der Waals surface area contributed by atoms with Gasteiger partial charge in [0.1, 0.15) is 44.9 Å². The van der Waals surface area contributed by atoms with Gasteiger partial charge >= 0.3 is 0 Å². The summed E-state index contributed by atoms with van der Waals surface area (Å²) in [6, 6.07) is 0. The van der Waals surface area contributed by atoms with Crippen molar-refractivity contribution in [3.05, 3.63) is 69.2 Å². The summed E-state index contributed by atoms with van der Waals surface area (Å²) in [6.07, 6.45) is 7.80. The second-order valence-electron chi connectivity index (χ2n) is 10.2. The number of nitrogens with two attached hydrogens (primary N) is 1. The van der Waals surface area contributed by atoms with Gasteiger partial charge in [0.2, 0.25) is 10.9 Å². The molecule has 0 radical (unpaired) electrons. The van der Waals surface area contributed by atoms with Crippen molar-refractivity contribution in [3.63, 3.8) is 0 Å². The van der Waals surface area contributed by atoms with E-state index in [0.717, 1.165) is 71.6 Å². The van der Waals surface area contributed by atoms with Gasteiger partial charge in [-0.25, -0.2) is 14.4 Å². The van der Waals surface area contributed by atoms with Crippen LogP contribution in [0.25, 0.3) is 33.0 Å². The van der Waals surface area contributed by atoms with E-state index in [2.05, 4.69) is 9.97 Å². The predicted molar refractivity (Wildman–Crippen MR) is 134 cm³/mol. The zero-order valence-corrected chi connectivity index (χ0v) is 19.6. The van der Waals surface area contributed by atoms with Gasteiger partial charge in [-0.1, -0.05) is 12.8 Å². The van der Waals surface area contributed by atoms with E-state index in [1.165, 1.54) is 4.57 Å². The first-order chi connectivity index (χ1) is 17.4. The number of aryl methyl sites for hydroxylation is 1. The van der Waals surface area contributed by atoms with Gasteiger partial charge < -0.3 is 5.73 Å². The minimum Gasteiger partial charge on any atom is -0.307 e. The van der Waals surface area contributed by atoms with Crippen molar-refractivity contribution in [2.75, 3.05) is 0 Å². The van der Waals surface area contributed by atoms with Crippen LogP contribution >= 0.6 is 0 Å². The van der Waals surface area contributed by atoms with Crippen LogP contribution in [0.3, 0.4) is 0 Å². The topological polar surface area (TPSA) is 153 Å². The number of aromatic nitrogens is 4. The first-order valence-electron chi connectivity index (χ1n) is 12.6. The average Bonchev–Trinajstić information content (AvgIpc) is 3.28. The molecule has 36 heavy (non-hydrogen) atoms. The van der Waals surface area contributed by atoms with Crippen molar-refractivity contribution in [3.8, 4) is 0 Å². The van der Waals surface area contributed by atoms with Crippen LogP contribution in [0.15, 0.2) is 24.8 Å². The number of benzene rings is 1. The molecule has 0 amide bonds. The first-order valence-corrected chi connectivity index (χ1v) is 12.6. The summed E-state index contributed by atoms with van der Waals surface area (Å²) in [5, 5.41) is 7.77. The Kier molecular flexibility index (Phi) is 4.39. The molecular weight excluding hydrogens is 460 g/mol. The molecule has 0 fully saturated rings. The van der Waals surface area contributed by atoms with E-state index in [-0.39, 0.29) is 27.6 Å². The Morgan fingerprint density at radius 1 is 0.750 bits per heavy atom. The molecule has 0 saturated heterocycles. The van der Waals surface area contributed by atoms with Crippen LogP contribution in [-0.2, 0) is 12.8 Å². The number of fused-ring (bicyclic) bond motifs is 7. The molecule has 0 saturated carbocycles. The van der Waals surface area contributed by atoms with Gasteiger partial charge in [-0.15, -0.1) is 0 Å². The Labute approximate surface area is 202 Å². The fourth-order valence-corrected chi connectivity index (χ4v) is 6.48. The van der Waals surface area contributed by atoms with E-state index in [1.54, 1.807) is 0 Å². The smallest absolute Gasteiger partial charge is 0.271 e. The summed E-state index contributed by atoms with van der Waals surface area (Å²) in [7, 11) is 0. The standard InChI is InChI=1S/C26H24N6O4/c27-21-11-7-3-1-2-4-9-13(11)23-29-17-15(25(35)31(21)23)20(34)18-16(19(17)33)26(36)32-22(28)12-8-5-6-10-14(12)24(32)30-18/h21,28H,1-10,27H2. The van der Waals surface area contributed by atoms with Crippen LogP contribution in [0, 0.1) is 5.41 Å². The molecule has 10 heteroatoms. The first kappa shape index (κ1) is 21.5. The van der Waals surface area contributed by atoms with Crippen LogP contribution in [-0.4, -0.2) is 18.9 Å². The van der Waals surface area contributed by atoms with Gasteiger partial charge in [-0.05, 0) is 62.5 Å². The molecule has 10 nitrogen and oxygen atoms in total. The maximum atomic E-state index is 13.7. The molecule has 1 unspecified atom stereocenters. The number of hydrogen-bond acceptors (Lipinski definition) is 8. The monoisotopic (exact) mass is 484 g/mol. The molecule has 182 valence electrons. The molecule has 0 bridgehead atoms. The molecule has 4 heterocycles. The molecule has 2 aliphatic carbocycles. The van der Waals surface area contributed by atoms with Gasteiger partial charge in [0.05, 0.1) is 0 Å². The van der Waals surface area contributed by atoms with Crippen molar-refractivity contribution in [1.82, 2.24) is 18.9 Å². The minimum absolute atomic E-state index is 0.0170. The van der Waals surface area contributed by atoms with Crippen molar-refractivity contribution in [2.45, 2.75) is 70.4 Å². The summed E-state index contributed by atoms with van der Waals surface area (Å²) in [5.41, 5.74) is 6.43. The van der Waals surface area contributed by atoms with E-state index in [4.69, 9.17) is 11.1 Å². The van der Waals surface area contributed by atoms with Crippen LogP contribution in [0.4, 0.5) is 0 Å². The second kappa shape index (κ2) is 7.36. The predicted octanol–water partition coefficient (Wildman–Crippen LogP) is 1.09. The second-order valence-corrected chi connectivity index (χ2v) is 10.2. The minimum atomic E-state index is -0.793. The Morgan fingerprint density at radius 2 is 1.36 bits per heavy atom. The summed E-state index contributed by atoms with van der Waals surface area (Å²) < 4.78 is 2.47. The lowest BCUT2D eigenvalue weighted by atomic mass is 9.94. The molecule has 3 aromatic heterocycles. The third-order valence-electron chi connectivity index (χ3n) is 8.25. The van der Waals surface area contributed by atoms with E-state index >= 15 is 0 Å². The fraction of sp³-hybridized carbons (Fsp3) is 0.423. The molecule has 0 spiro atoms. The van der Waals surface area contributed by atoms with Crippen molar-refractivity contribution >= 4 is 33.0 Å². The van der Waals surface area contributed by atoms with E-state index in [0.29, 0.717) is 25.1 Å². The molecule has 1 aliphatic heterocycles. The fourth-order valence-electron chi connectivity index (χ4n) is 6.48. The molecule has 4 aromatic rings. The maximum Gasteiger partial charge on any atom is 0.271 e. The van der Waals surface area contributed by atoms with Crippen LogP contribution in [0.2, 0.25) is 0 Å². The lowest BCUT2D eigenvalue weighted by Crippen LogP contribution is -2.36. The zero-order valence-electron chi connectivity index (χ0n) is 19.6. The summed E-state index contributed by atoms with van der Waals surface area (Å²) >= 11 is 0. The quantitative estimate of drug-likeness (QED) is 0.354. The van der Waals surface area contributed by atoms with Gasteiger partial charge in [0.15, 0.2) is 0 Å². The van der Waals surface area contributed by atoms with Crippen LogP contribution < -0.4 is 33.2 Å². The van der Waals surface area contributed by atoms with E-state index in [9.17, 15) is 19.2 Å². The van der Waals surface area contributed by atoms with Gasteiger partial charge in [-0.2, -0.15) is 0 Å². The van der Waals surface area contributed by atoms with E-state index in [1.807, 2.05) is 0 Å². The highest BCUT2D eigenvalue weighted by Gasteiger charge is 2.34. The number of rotatable bonds is 0. The van der Waals surface area contributed by atoms with Crippen molar-refractivity contribution < 1.29 is 0 Å². The molecule has 1 aromatic carbocycles. The van der Waals surface area contributed by atoms with Gasteiger partial charge in [0.25, 0.3) is 11.1 Å². The Hall–Kier alpha value is -3.79. The maximum absolute atomic E-state index is 13.7. The average molecular weight is 485 g/mol. The lowest BCUT2D eigenvalue weighted by molar-refractivity contribution is 0.552. The lowest BCUT2D eigenvalue weighted by Gasteiger charge is -2.14. The highest BCUT2D eigenvalue weighted by atomic mass is 16.2. The summed E-state index contributed by atoms with van der Waals surface area (Å²) in [4.78, 5) is 63.5. The largest absolute Gasteiger partial charge is 0.307 e. The molecular formula is C26H24N6O4. The summed E-state index contributed by atoms with van der Waals surface area (Å²) in [6.45, 7) is 0. The number of nitrogens with zero attached hydrogens (tertiary/aromatic N) is 4. The highest BCUT2D eigenvalue weighted by molar-refractivity contribution is 5.95. The molecule has 3 aliphatic rings. The number of allylic oxidation sites excluding steroid dienone is 1. The van der Waals surface area contributed by atoms with Crippen molar-refractivity contribution in [1.29, 1.82) is 5.41 Å². The van der Waals surface area contributed by atoms with Crippen molar-refractivity contribution in [2.24, 2.45) is 5.73 Å². The Morgan fingerprint density at radius 3 is 2.11 bits per heavy atom. The summed E-state index contributed by atoms with van der Waals surface area (Å²) in [5.74, 6) is 0.326. The molecule has 3 N–H and O–H groups in total. The Balaban J connectivity index is 1.63. The van der Waals surface area contributed by atoms with Crippen LogP contribution in [0.1, 0.15) is 74.5 Å².